The molecule has 1 heterocycles. The van der Waals surface area contributed by atoms with Crippen molar-refractivity contribution in [2.24, 2.45) is 4.99 Å². The van der Waals surface area contributed by atoms with E-state index in [0.717, 1.165) is 28.6 Å². The molecule has 0 spiro atoms. The Hall–Kier alpha value is -1.00. The Bertz CT molecular complexity index is 400. The molecule has 0 radical (unpaired) electrons. The number of hydrogen-bond donors (Lipinski definition) is 2. The lowest BCUT2D eigenvalue weighted by Gasteiger charge is -2.07. The Balaban J connectivity index is 2.00. The SMILES string of the molecule is CCC1CSC(Nc2ccc(C(C)O)cc2)=N1. The summed E-state index contributed by atoms with van der Waals surface area (Å²) in [4.78, 5) is 4.58. The number of thioether (sulfide) groups is 1. The fraction of sp³-hybridized carbons (Fsp3) is 0.462. The van der Waals surface area contributed by atoms with Crippen LogP contribution in [0.1, 0.15) is 31.9 Å². The molecule has 0 bridgehead atoms. The van der Waals surface area contributed by atoms with Crippen molar-refractivity contribution in [3.63, 3.8) is 0 Å². The van der Waals surface area contributed by atoms with Gasteiger partial charge in [0.05, 0.1) is 12.1 Å². The van der Waals surface area contributed by atoms with Gasteiger partial charge in [-0.15, -0.1) is 0 Å². The molecule has 1 aromatic rings. The topological polar surface area (TPSA) is 44.6 Å². The average Bonchev–Trinajstić information content (AvgIpc) is 2.77. The van der Waals surface area contributed by atoms with Crippen LogP contribution in [0.15, 0.2) is 29.3 Å². The Morgan fingerprint density at radius 1 is 1.47 bits per heavy atom. The Kier molecular flexibility index (Phi) is 4.07. The molecule has 2 rings (SSSR count). The second-order valence-corrected chi connectivity index (χ2v) is 5.24. The number of nitrogens with one attached hydrogen (secondary N) is 1. The van der Waals surface area contributed by atoms with Crippen molar-refractivity contribution >= 4 is 22.6 Å². The molecule has 0 aliphatic carbocycles. The third kappa shape index (κ3) is 3.23. The molecular weight excluding hydrogens is 232 g/mol. The van der Waals surface area contributed by atoms with Gasteiger partial charge in [-0.1, -0.05) is 30.8 Å². The number of amidine groups is 1. The average molecular weight is 250 g/mol. The summed E-state index contributed by atoms with van der Waals surface area (Å²) < 4.78 is 0. The highest BCUT2D eigenvalue weighted by atomic mass is 32.2. The summed E-state index contributed by atoms with van der Waals surface area (Å²) in [5, 5.41) is 13.7. The quantitative estimate of drug-likeness (QED) is 0.866. The van der Waals surface area contributed by atoms with Crippen LogP contribution in [0, 0.1) is 0 Å². The number of aliphatic hydroxyl groups is 1. The first kappa shape index (κ1) is 12.5. The fourth-order valence-corrected chi connectivity index (χ4v) is 2.74. The molecule has 0 amide bonds. The first-order chi connectivity index (χ1) is 8.19. The van der Waals surface area contributed by atoms with Gasteiger partial charge in [0.25, 0.3) is 0 Å². The minimum absolute atomic E-state index is 0.410. The Morgan fingerprint density at radius 2 is 2.18 bits per heavy atom. The van der Waals surface area contributed by atoms with Crippen LogP contribution < -0.4 is 5.32 Å². The molecule has 2 unspecified atom stereocenters. The van der Waals surface area contributed by atoms with E-state index in [1.807, 2.05) is 24.3 Å². The van der Waals surface area contributed by atoms with Gasteiger partial charge in [0.1, 0.15) is 0 Å². The molecule has 92 valence electrons. The van der Waals surface area contributed by atoms with Crippen LogP contribution in [0.4, 0.5) is 5.69 Å². The minimum atomic E-state index is -0.410. The maximum atomic E-state index is 9.42. The number of hydrogen-bond acceptors (Lipinski definition) is 4. The second kappa shape index (κ2) is 5.56. The van der Waals surface area contributed by atoms with Crippen molar-refractivity contribution in [3.05, 3.63) is 29.8 Å². The lowest BCUT2D eigenvalue weighted by molar-refractivity contribution is 0.199. The van der Waals surface area contributed by atoms with Crippen molar-refractivity contribution in [2.75, 3.05) is 11.1 Å². The van der Waals surface area contributed by atoms with E-state index in [1.54, 1.807) is 18.7 Å². The van der Waals surface area contributed by atoms with Gasteiger partial charge in [-0.2, -0.15) is 0 Å². The predicted octanol–water partition coefficient (Wildman–Crippen LogP) is 3.03. The van der Waals surface area contributed by atoms with Crippen LogP contribution in [0.2, 0.25) is 0 Å². The third-order valence-corrected chi connectivity index (χ3v) is 3.86. The van der Waals surface area contributed by atoms with Crippen molar-refractivity contribution in [1.82, 2.24) is 0 Å². The first-order valence-electron chi connectivity index (χ1n) is 5.94. The van der Waals surface area contributed by atoms with E-state index in [-0.39, 0.29) is 0 Å². The zero-order chi connectivity index (χ0) is 12.3. The lowest BCUT2D eigenvalue weighted by atomic mass is 10.1. The minimum Gasteiger partial charge on any atom is -0.389 e. The molecule has 2 atom stereocenters. The van der Waals surface area contributed by atoms with Gasteiger partial charge >= 0.3 is 0 Å². The van der Waals surface area contributed by atoms with E-state index in [9.17, 15) is 5.11 Å². The molecular formula is C13H18N2OS. The highest BCUT2D eigenvalue weighted by molar-refractivity contribution is 8.14. The highest BCUT2D eigenvalue weighted by Crippen LogP contribution is 2.22. The van der Waals surface area contributed by atoms with E-state index in [2.05, 4.69) is 17.2 Å². The molecule has 0 aromatic heterocycles. The van der Waals surface area contributed by atoms with E-state index in [1.165, 1.54) is 0 Å². The number of anilines is 1. The monoisotopic (exact) mass is 250 g/mol. The lowest BCUT2D eigenvalue weighted by Crippen LogP contribution is -2.05. The van der Waals surface area contributed by atoms with E-state index >= 15 is 0 Å². The van der Waals surface area contributed by atoms with Gasteiger partial charge in [-0.25, -0.2) is 0 Å². The van der Waals surface area contributed by atoms with Gasteiger partial charge in [0, 0.05) is 11.4 Å². The molecule has 0 saturated carbocycles. The first-order valence-corrected chi connectivity index (χ1v) is 6.93. The summed E-state index contributed by atoms with van der Waals surface area (Å²) in [6.45, 7) is 3.93. The molecule has 0 saturated heterocycles. The Labute approximate surface area is 106 Å². The van der Waals surface area contributed by atoms with Gasteiger partial charge in [-0.05, 0) is 31.0 Å². The summed E-state index contributed by atoms with van der Waals surface area (Å²) in [5.41, 5.74) is 1.96. The van der Waals surface area contributed by atoms with Crippen molar-refractivity contribution in [2.45, 2.75) is 32.4 Å². The van der Waals surface area contributed by atoms with Crippen molar-refractivity contribution in [1.29, 1.82) is 0 Å². The normalized spacial score (nSPS) is 21.1. The number of nitrogens with zero attached hydrogens (tertiary/aromatic N) is 1. The summed E-state index contributed by atoms with van der Waals surface area (Å²) in [5.74, 6) is 1.07. The van der Waals surface area contributed by atoms with Crippen LogP contribution in [-0.4, -0.2) is 22.1 Å². The summed E-state index contributed by atoms with van der Waals surface area (Å²) in [6.07, 6.45) is 0.686. The molecule has 0 fully saturated rings. The summed E-state index contributed by atoms with van der Waals surface area (Å²) >= 11 is 1.77. The number of rotatable bonds is 3. The molecule has 1 aliphatic heterocycles. The fourth-order valence-electron chi connectivity index (χ4n) is 1.66. The molecule has 1 aromatic carbocycles. The highest BCUT2D eigenvalue weighted by Gasteiger charge is 2.16. The van der Waals surface area contributed by atoms with Crippen LogP contribution in [0.25, 0.3) is 0 Å². The van der Waals surface area contributed by atoms with Gasteiger partial charge in [0.2, 0.25) is 0 Å². The summed E-state index contributed by atoms with van der Waals surface area (Å²) in [7, 11) is 0. The molecule has 3 nitrogen and oxygen atoms in total. The third-order valence-electron chi connectivity index (χ3n) is 2.83. The van der Waals surface area contributed by atoms with E-state index in [4.69, 9.17) is 0 Å². The number of aliphatic imine (C=N–C) groups is 1. The van der Waals surface area contributed by atoms with Gasteiger partial charge < -0.3 is 10.4 Å². The molecule has 17 heavy (non-hydrogen) atoms. The molecule has 1 aliphatic rings. The number of benzene rings is 1. The molecule has 2 N–H and O–H groups in total. The molecule has 4 heteroatoms. The van der Waals surface area contributed by atoms with Gasteiger partial charge in [0.15, 0.2) is 5.17 Å². The van der Waals surface area contributed by atoms with Crippen LogP contribution >= 0.6 is 11.8 Å². The summed E-state index contributed by atoms with van der Waals surface area (Å²) in [6, 6.07) is 8.28. The van der Waals surface area contributed by atoms with Crippen molar-refractivity contribution < 1.29 is 5.11 Å². The maximum Gasteiger partial charge on any atom is 0.161 e. The Morgan fingerprint density at radius 3 is 2.71 bits per heavy atom. The maximum absolute atomic E-state index is 9.42. The van der Waals surface area contributed by atoms with E-state index in [0.29, 0.717) is 6.04 Å². The van der Waals surface area contributed by atoms with Crippen LogP contribution in [0.5, 0.6) is 0 Å². The standard InChI is InChI=1S/C13H18N2OS/c1-3-11-8-17-13(14-11)15-12-6-4-10(5-7-12)9(2)16/h4-7,9,11,16H,3,8H2,1-2H3,(H,14,15). The zero-order valence-corrected chi connectivity index (χ0v) is 11.0. The number of aliphatic hydroxyl groups excluding tert-OH is 1. The van der Waals surface area contributed by atoms with Crippen molar-refractivity contribution in [3.8, 4) is 0 Å². The van der Waals surface area contributed by atoms with Crippen LogP contribution in [0.3, 0.4) is 0 Å². The zero-order valence-electron chi connectivity index (χ0n) is 10.2. The predicted molar refractivity (Wildman–Crippen MR) is 74.7 cm³/mol. The van der Waals surface area contributed by atoms with Gasteiger partial charge in [-0.3, -0.25) is 4.99 Å². The largest absolute Gasteiger partial charge is 0.389 e. The van der Waals surface area contributed by atoms with E-state index < -0.39 is 6.10 Å². The van der Waals surface area contributed by atoms with Crippen LogP contribution in [-0.2, 0) is 0 Å². The second-order valence-electron chi connectivity index (χ2n) is 4.23. The smallest absolute Gasteiger partial charge is 0.161 e.